The van der Waals surface area contributed by atoms with E-state index in [1.54, 1.807) is 0 Å². The highest BCUT2D eigenvalue weighted by Crippen LogP contribution is 2.25. The van der Waals surface area contributed by atoms with Crippen LogP contribution in [0.25, 0.3) is 0 Å². The molecule has 1 aliphatic rings. The number of unbranched alkanes of at least 4 members (excludes halogenated alkanes) is 3. The molecular weight excluding hydrogens is 222 g/mol. The molecule has 1 fully saturated rings. The van der Waals surface area contributed by atoms with Gasteiger partial charge in [0.25, 0.3) is 0 Å². The van der Waals surface area contributed by atoms with Crippen molar-refractivity contribution >= 4 is 17.5 Å². The predicted molar refractivity (Wildman–Crippen MR) is 68.8 cm³/mol. The summed E-state index contributed by atoms with van der Waals surface area (Å²) in [4.78, 5) is 14.0. The Morgan fingerprint density at radius 1 is 1.38 bits per heavy atom. The molecule has 3 heteroatoms. The van der Waals surface area contributed by atoms with E-state index in [4.69, 9.17) is 11.6 Å². The first-order valence-corrected chi connectivity index (χ1v) is 7.09. The summed E-state index contributed by atoms with van der Waals surface area (Å²) in [5, 5.41) is 0. The SMILES string of the molecule is CCCCCCC(=O)N1CCC(C)C1CCl. The normalized spacial score (nSPS) is 25.1. The van der Waals surface area contributed by atoms with E-state index >= 15 is 0 Å². The van der Waals surface area contributed by atoms with Gasteiger partial charge in [-0.15, -0.1) is 11.6 Å². The summed E-state index contributed by atoms with van der Waals surface area (Å²) < 4.78 is 0. The number of likely N-dealkylation sites (tertiary alicyclic amines) is 1. The van der Waals surface area contributed by atoms with E-state index in [1.807, 2.05) is 4.90 Å². The Morgan fingerprint density at radius 2 is 2.12 bits per heavy atom. The molecule has 0 radical (unpaired) electrons. The van der Waals surface area contributed by atoms with Gasteiger partial charge in [-0.3, -0.25) is 4.79 Å². The van der Waals surface area contributed by atoms with Gasteiger partial charge in [-0.05, 0) is 18.8 Å². The molecule has 94 valence electrons. The van der Waals surface area contributed by atoms with Crippen LogP contribution in [0.1, 0.15) is 52.4 Å². The van der Waals surface area contributed by atoms with Gasteiger partial charge < -0.3 is 4.90 Å². The van der Waals surface area contributed by atoms with Crippen molar-refractivity contribution in [3.63, 3.8) is 0 Å². The number of carbonyl (C=O) groups excluding carboxylic acids is 1. The van der Waals surface area contributed by atoms with Crippen LogP contribution >= 0.6 is 11.6 Å². The summed E-state index contributed by atoms with van der Waals surface area (Å²) in [5.74, 6) is 1.46. The van der Waals surface area contributed by atoms with E-state index in [0.717, 1.165) is 19.4 Å². The standard InChI is InChI=1S/C13H24ClNO/c1-3-4-5-6-7-13(16)15-9-8-11(2)12(15)10-14/h11-12H,3-10H2,1-2H3. The van der Waals surface area contributed by atoms with Gasteiger partial charge in [-0.1, -0.05) is 33.1 Å². The Morgan fingerprint density at radius 3 is 2.75 bits per heavy atom. The van der Waals surface area contributed by atoms with Crippen molar-refractivity contribution < 1.29 is 4.79 Å². The summed E-state index contributed by atoms with van der Waals surface area (Å²) in [6, 6.07) is 0.278. The van der Waals surface area contributed by atoms with E-state index in [-0.39, 0.29) is 6.04 Å². The Hall–Kier alpha value is -0.240. The van der Waals surface area contributed by atoms with Crippen molar-refractivity contribution in [1.82, 2.24) is 4.90 Å². The number of amides is 1. The Labute approximate surface area is 104 Å². The monoisotopic (exact) mass is 245 g/mol. The van der Waals surface area contributed by atoms with Crippen molar-refractivity contribution in [3.05, 3.63) is 0 Å². The van der Waals surface area contributed by atoms with E-state index in [0.29, 0.717) is 24.1 Å². The fraction of sp³-hybridized carbons (Fsp3) is 0.923. The van der Waals surface area contributed by atoms with Gasteiger partial charge >= 0.3 is 0 Å². The van der Waals surface area contributed by atoms with Crippen LogP contribution in [0.3, 0.4) is 0 Å². The third-order valence-corrected chi connectivity index (χ3v) is 3.92. The minimum absolute atomic E-state index is 0.278. The van der Waals surface area contributed by atoms with Gasteiger partial charge in [0.1, 0.15) is 0 Å². The zero-order valence-electron chi connectivity index (χ0n) is 10.5. The highest BCUT2D eigenvalue weighted by Gasteiger charge is 2.32. The van der Waals surface area contributed by atoms with Gasteiger partial charge in [-0.25, -0.2) is 0 Å². The lowest BCUT2D eigenvalue weighted by molar-refractivity contribution is -0.132. The maximum Gasteiger partial charge on any atom is 0.222 e. The van der Waals surface area contributed by atoms with Crippen LogP contribution in [-0.2, 0) is 4.79 Å². The number of hydrogen-bond acceptors (Lipinski definition) is 1. The highest BCUT2D eigenvalue weighted by molar-refractivity contribution is 6.18. The quantitative estimate of drug-likeness (QED) is 0.519. The third-order valence-electron chi connectivity index (χ3n) is 3.61. The van der Waals surface area contributed by atoms with Gasteiger partial charge in [0.05, 0.1) is 0 Å². The summed E-state index contributed by atoms with van der Waals surface area (Å²) in [6.07, 6.45) is 6.49. The Bertz CT molecular complexity index is 220. The van der Waals surface area contributed by atoms with Crippen LogP contribution in [0.4, 0.5) is 0 Å². The summed E-state index contributed by atoms with van der Waals surface area (Å²) in [7, 11) is 0. The van der Waals surface area contributed by atoms with E-state index in [9.17, 15) is 4.79 Å². The highest BCUT2D eigenvalue weighted by atomic mass is 35.5. The first-order valence-electron chi connectivity index (χ1n) is 6.56. The van der Waals surface area contributed by atoms with Crippen molar-refractivity contribution in [1.29, 1.82) is 0 Å². The maximum absolute atomic E-state index is 12.0. The summed E-state index contributed by atoms with van der Waals surface area (Å²) in [5.41, 5.74) is 0. The first kappa shape index (κ1) is 13.8. The molecule has 1 rings (SSSR count). The molecule has 0 spiro atoms. The van der Waals surface area contributed by atoms with Gasteiger partial charge in [0.15, 0.2) is 0 Å². The number of halogens is 1. The molecule has 0 N–H and O–H groups in total. The van der Waals surface area contributed by atoms with Crippen molar-refractivity contribution in [3.8, 4) is 0 Å². The number of nitrogens with zero attached hydrogens (tertiary/aromatic N) is 1. The van der Waals surface area contributed by atoms with Gasteiger partial charge in [-0.2, -0.15) is 0 Å². The van der Waals surface area contributed by atoms with E-state index in [1.165, 1.54) is 19.3 Å². The molecule has 16 heavy (non-hydrogen) atoms. The predicted octanol–water partition coefficient (Wildman–Crippen LogP) is 3.43. The smallest absolute Gasteiger partial charge is 0.222 e. The molecule has 0 aromatic heterocycles. The molecule has 0 saturated carbocycles. The minimum Gasteiger partial charge on any atom is -0.338 e. The minimum atomic E-state index is 0.278. The van der Waals surface area contributed by atoms with Crippen molar-refractivity contribution in [2.24, 2.45) is 5.92 Å². The fourth-order valence-electron chi connectivity index (χ4n) is 2.40. The van der Waals surface area contributed by atoms with Crippen molar-refractivity contribution in [2.45, 2.75) is 58.4 Å². The first-order chi connectivity index (χ1) is 7.70. The van der Waals surface area contributed by atoms with Crippen LogP contribution in [-0.4, -0.2) is 29.3 Å². The molecule has 1 heterocycles. The van der Waals surface area contributed by atoms with Gasteiger partial charge in [0.2, 0.25) is 5.91 Å². The second kappa shape index (κ2) is 7.16. The van der Waals surface area contributed by atoms with Crippen LogP contribution in [0.5, 0.6) is 0 Å². The molecule has 1 saturated heterocycles. The molecule has 0 aliphatic carbocycles. The zero-order chi connectivity index (χ0) is 12.0. The molecular formula is C13H24ClNO. The van der Waals surface area contributed by atoms with Gasteiger partial charge in [0, 0.05) is 24.9 Å². The number of rotatable bonds is 6. The van der Waals surface area contributed by atoms with Crippen LogP contribution < -0.4 is 0 Å². The summed E-state index contributed by atoms with van der Waals surface area (Å²) >= 11 is 5.93. The number of carbonyl (C=O) groups is 1. The number of alkyl halides is 1. The maximum atomic E-state index is 12.0. The average Bonchev–Trinajstić information content (AvgIpc) is 2.65. The second-order valence-electron chi connectivity index (χ2n) is 4.89. The molecule has 2 unspecified atom stereocenters. The molecule has 2 nitrogen and oxygen atoms in total. The second-order valence-corrected chi connectivity index (χ2v) is 5.19. The van der Waals surface area contributed by atoms with E-state index < -0.39 is 0 Å². The molecule has 2 atom stereocenters. The Balaban J connectivity index is 2.30. The molecule has 1 amide bonds. The molecule has 1 aliphatic heterocycles. The van der Waals surface area contributed by atoms with E-state index in [2.05, 4.69) is 13.8 Å². The fourth-order valence-corrected chi connectivity index (χ4v) is 2.87. The topological polar surface area (TPSA) is 20.3 Å². The van der Waals surface area contributed by atoms with Crippen LogP contribution in [0.2, 0.25) is 0 Å². The Kier molecular flexibility index (Phi) is 6.18. The molecule has 0 aromatic carbocycles. The molecule has 0 aromatic rings. The largest absolute Gasteiger partial charge is 0.338 e. The lowest BCUT2D eigenvalue weighted by atomic mass is 10.0. The third kappa shape index (κ3) is 3.65. The zero-order valence-corrected chi connectivity index (χ0v) is 11.3. The molecule has 0 bridgehead atoms. The lowest BCUT2D eigenvalue weighted by Gasteiger charge is -2.25. The number of hydrogen-bond donors (Lipinski definition) is 0. The average molecular weight is 246 g/mol. The van der Waals surface area contributed by atoms with Crippen LogP contribution in [0.15, 0.2) is 0 Å². The van der Waals surface area contributed by atoms with Crippen molar-refractivity contribution in [2.75, 3.05) is 12.4 Å². The van der Waals surface area contributed by atoms with Crippen LogP contribution in [0, 0.1) is 5.92 Å². The lowest BCUT2D eigenvalue weighted by Crippen LogP contribution is -2.38. The summed E-state index contributed by atoms with van der Waals surface area (Å²) in [6.45, 7) is 5.29.